The zero-order chi connectivity index (χ0) is 12.8. The molecule has 3 nitrogen and oxygen atoms in total. The smallest absolute Gasteiger partial charge is 0.148 e. The summed E-state index contributed by atoms with van der Waals surface area (Å²) in [7, 11) is 1.64. The van der Waals surface area contributed by atoms with Crippen molar-refractivity contribution in [1.82, 2.24) is 4.98 Å². The van der Waals surface area contributed by atoms with Crippen molar-refractivity contribution >= 4 is 0 Å². The molecule has 0 aliphatic heterocycles. The number of hydrogen-bond acceptors (Lipinski definition) is 3. The molecule has 0 fully saturated rings. The monoisotopic (exact) mass is 239 g/mol. The number of nitrogens with zero attached hydrogens (tertiary/aromatic N) is 1. The van der Waals surface area contributed by atoms with E-state index in [1.807, 2.05) is 30.3 Å². The Labute approximate surface area is 106 Å². The van der Waals surface area contributed by atoms with Crippen LogP contribution in [0.2, 0.25) is 0 Å². The molecule has 3 heteroatoms. The molecule has 18 heavy (non-hydrogen) atoms. The van der Waals surface area contributed by atoms with Crippen LogP contribution in [-0.2, 0) is 0 Å². The van der Waals surface area contributed by atoms with Gasteiger partial charge in [0.25, 0.3) is 0 Å². The quantitative estimate of drug-likeness (QED) is 0.769. The standard InChI is InChI=1S/C15H13NO2/c1-3-9-18-14-7-8-16-15(11-14)12-5-4-6-13(10-12)17-2/h1,4-8,10-11H,9H2,2H3. The molecule has 1 heterocycles. The molecule has 2 aromatic rings. The van der Waals surface area contributed by atoms with Gasteiger partial charge in [-0.25, -0.2) is 0 Å². The summed E-state index contributed by atoms with van der Waals surface area (Å²) < 4.78 is 10.6. The molecule has 1 aromatic carbocycles. The van der Waals surface area contributed by atoms with E-state index in [9.17, 15) is 0 Å². The first kappa shape index (κ1) is 12.0. The summed E-state index contributed by atoms with van der Waals surface area (Å²) in [6, 6.07) is 11.3. The molecule has 90 valence electrons. The summed E-state index contributed by atoms with van der Waals surface area (Å²) in [6.07, 6.45) is 6.85. The molecule has 0 N–H and O–H groups in total. The van der Waals surface area contributed by atoms with Gasteiger partial charge in [0.05, 0.1) is 12.8 Å². The lowest BCUT2D eigenvalue weighted by atomic mass is 10.1. The summed E-state index contributed by atoms with van der Waals surface area (Å²) in [5.74, 6) is 3.94. The number of aromatic nitrogens is 1. The van der Waals surface area contributed by atoms with Gasteiger partial charge < -0.3 is 9.47 Å². The summed E-state index contributed by atoms with van der Waals surface area (Å²) >= 11 is 0. The zero-order valence-electron chi connectivity index (χ0n) is 10.1. The summed E-state index contributed by atoms with van der Waals surface area (Å²) in [5, 5.41) is 0. The third kappa shape index (κ3) is 2.80. The van der Waals surface area contributed by atoms with Crippen LogP contribution in [0.15, 0.2) is 42.6 Å². The fraction of sp³-hybridized carbons (Fsp3) is 0.133. The van der Waals surface area contributed by atoms with E-state index in [0.717, 1.165) is 17.0 Å². The lowest BCUT2D eigenvalue weighted by Gasteiger charge is -2.06. The second-order valence-corrected chi connectivity index (χ2v) is 3.60. The van der Waals surface area contributed by atoms with Crippen LogP contribution < -0.4 is 9.47 Å². The Balaban J connectivity index is 2.29. The molecule has 0 saturated heterocycles. The summed E-state index contributed by atoms with van der Waals surface area (Å²) in [5.41, 5.74) is 1.80. The fourth-order valence-corrected chi connectivity index (χ4v) is 1.57. The third-order valence-electron chi connectivity index (χ3n) is 2.42. The van der Waals surface area contributed by atoms with Gasteiger partial charge in [0.1, 0.15) is 18.1 Å². The lowest BCUT2D eigenvalue weighted by Crippen LogP contribution is -1.94. The minimum Gasteiger partial charge on any atom is -0.497 e. The normalized spacial score (nSPS) is 9.56. The van der Waals surface area contributed by atoms with Gasteiger partial charge in [-0.3, -0.25) is 4.98 Å². The highest BCUT2D eigenvalue weighted by Gasteiger charge is 2.02. The predicted octanol–water partition coefficient (Wildman–Crippen LogP) is 2.77. The molecule has 0 unspecified atom stereocenters. The van der Waals surface area contributed by atoms with E-state index >= 15 is 0 Å². The first-order valence-electron chi connectivity index (χ1n) is 5.50. The molecule has 0 spiro atoms. The lowest BCUT2D eigenvalue weighted by molar-refractivity contribution is 0.370. The molecule has 2 rings (SSSR count). The van der Waals surface area contributed by atoms with Crippen molar-refractivity contribution in [3.8, 4) is 35.1 Å². The highest BCUT2D eigenvalue weighted by atomic mass is 16.5. The Hall–Kier alpha value is -2.47. The second kappa shape index (κ2) is 5.74. The maximum Gasteiger partial charge on any atom is 0.148 e. The van der Waals surface area contributed by atoms with Gasteiger partial charge >= 0.3 is 0 Å². The van der Waals surface area contributed by atoms with Crippen LogP contribution in [0.5, 0.6) is 11.5 Å². The van der Waals surface area contributed by atoms with E-state index < -0.39 is 0 Å². The number of pyridine rings is 1. The largest absolute Gasteiger partial charge is 0.497 e. The predicted molar refractivity (Wildman–Crippen MR) is 70.6 cm³/mol. The fourth-order valence-electron chi connectivity index (χ4n) is 1.57. The van der Waals surface area contributed by atoms with Crippen molar-refractivity contribution in [3.05, 3.63) is 42.6 Å². The molecular formula is C15H13NO2. The van der Waals surface area contributed by atoms with Crippen LogP contribution in [0.25, 0.3) is 11.3 Å². The van der Waals surface area contributed by atoms with Crippen LogP contribution >= 0.6 is 0 Å². The molecule has 0 saturated carbocycles. The number of terminal acetylenes is 1. The second-order valence-electron chi connectivity index (χ2n) is 3.60. The average Bonchev–Trinajstić information content (AvgIpc) is 2.45. The number of ether oxygens (including phenoxy) is 2. The van der Waals surface area contributed by atoms with Crippen LogP contribution in [0, 0.1) is 12.3 Å². The molecular weight excluding hydrogens is 226 g/mol. The average molecular weight is 239 g/mol. The van der Waals surface area contributed by atoms with Crippen molar-refractivity contribution in [2.24, 2.45) is 0 Å². The van der Waals surface area contributed by atoms with Crippen molar-refractivity contribution in [2.45, 2.75) is 0 Å². The topological polar surface area (TPSA) is 31.4 Å². The Kier molecular flexibility index (Phi) is 3.83. The van der Waals surface area contributed by atoms with Gasteiger partial charge in [-0.2, -0.15) is 0 Å². The summed E-state index contributed by atoms with van der Waals surface area (Å²) in [4.78, 5) is 4.31. The van der Waals surface area contributed by atoms with Crippen LogP contribution in [-0.4, -0.2) is 18.7 Å². The third-order valence-corrected chi connectivity index (χ3v) is 2.42. The van der Waals surface area contributed by atoms with E-state index in [4.69, 9.17) is 15.9 Å². The highest BCUT2D eigenvalue weighted by Crippen LogP contribution is 2.24. The highest BCUT2D eigenvalue weighted by molar-refractivity contribution is 5.62. The molecule has 0 atom stereocenters. The van der Waals surface area contributed by atoms with Gasteiger partial charge in [0, 0.05) is 17.8 Å². The molecule has 1 aromatic heterocycles. The Bertz CT molecular complexity index is 573. The molecule has 0 radical (unpaired) electrons. The first-order valence-corrected chi connectivity index (χ1v) is 5.50. The zero-order valence-corrected chi connectivity index (χ0v) is 10.1. The van der Waals surface area contributed by atoms with Crippen molar-refractivity contribution < 1.29 is 9.47 Å². The molecule has 0 bridgehead atoms. The number of rotatable bonds is 4. The van der Waals surface area contributed by atoms with Gasteiger partial charge in [0.15, 0.2) is 0 Å². The number of methoxy groups -OCH3 is 1. The van der Waals surface area contributed by atoms with Crippen molar-refractivity contribution in [2.75, 3.05) is 13.7 Å². The van der Waals surface area contributed by atoms with Crippen LogP contribution in [0.3, 0.4) is 0 Å². The Morgan fingerprint density at radius 1 is 1.22 bits per heavy atom. The maximum atomic E-state index is 5.37. The minimum atomic E-state index is 0.252. The first-order chi connectivity index (χ1) is 8.83. The van der Waals surface area contributed by atoms with E-state index in [0.29, 0.717) is 5.75 Å². The van der Waals surface area contributed by atoms with E-state index in [2.05, 4.69) is 10.9 Å². The van der Waals surface area contributed by atoms with E-state index in [1.165, 1.54) is 0 Å². The van der Waals surface area contributed by atoms with Crippen LogP contribution in [0.1, 0.15) is 0 Å². The minimum absolute atomic E-state index is 0.252. The van der Waals surface area contributed by atoms with Gasteiger partial charge in [-0.1, -0.05) is 18.1 Å². The maximum absolute atomic E-state index is 5.37. The summed E-state index contributed by atoms with van der Waals surface area (Å²) in [6.45, 7) is 0.252. The van der Waals surface area contributed by atoms with Gasteiger partial charge in [-0.05, 0) is 18.2 Å². The Morgan fingerprint density at radius 2 is 2.11 bits per heavy atom. The van der Waals surface area contributed by atoms with E-state index in [1.54, 1.807) is 19.4 Å². The molecule has 0 amide bonds. The SMILES string of the molecule is C#CCOc1ccnc(-c2cccc(OC)c2)c1. The molecule has 0 aliphatic carbocycles. The van der Waals surface area contributed by atoms with Gasteiger partial charge in [0.2, 0.25) is 0 Å². The number of benzene rings is 1. The van der Waals surface area contributed by atoms with Crippen molar-refractivity contribution in [1.29, 1.82) is 0 Å². The number of hydrogen-bond donors (Lipinski definition) is 0. The van der Waals surface area contributed by atoms with Crippen LogP contribution in [0.4, 0.5) is 0 Å². The molecule has 0 aliphatic rings. The van der Waals surface area contributed by atoms with E-state index in [-0.39, 0.29) is 6.61 Å². The van der Waals surface area contributed by atoms with Crippen molar-refractivity contribution in [3.63, 3.8) is 0 Å². The van der Waals surface area contributed by atoms with Gasteiger partial charge in [-0.15, -0.1) is 6.42 Å². The Morgan fingerprint density at radius 3 is 2.89 bits per heavy atom.